The molecule has 1 heterocycles. The van der Waals surface area contributed by atoms with E-state index in [2.05, 4.69) is 16.0 Å². The van der Waals surface area contributed by atoms with E-state index in [1.807, 2.05) is 37.3 Å². The van der Waals surface area contributed by atoms with E-state index < -0.39 is 24.3 Å². The molecule has 4 atom stereocenters. The van der Waals surface area contributed by atoms with Gasteiger partial charge in [0.1, 0.15) is 11.9 Å². The van der Waals surface area contributed by atoms with Gasteiger partial charge < -0.3 is 30.5 Å². The van der Waals surface area contributed by atoms with E-state index in [1.54, 1.807) is 36.4 Å². The highest BCUT2D eigenvalue weighted by molar-refractivity contribution is 5.91. The first-order chi connectivity index (χ1) is 15.5. The first kappa shape index (κ1) is 23.3. The molecule has 8 nitrogen and oxygen atoms in total. The lowest BCUT2D eigenvalue weighted by Crippen LogP contribution is -2.50. The number of nitrogens with one attached hydrogen (secondary N) is 3. The lowest BCUT2D eigenvalue weighted by molar-refractivity contribution is -0.125. The molecule has 2 aromatic rings. The quantitative estimate of drug-likeness (QED) is 0.473. The number of ether oxygens (including phenoxy) is 2. The van der Waals surface area contributed by atoms with E-state index >= 15 is 0 Å². The van der Waals surface area contributed by atoms with Gasteiger partial charge in [0.15, 0.2) is 0 Å². The van der Waals surface area contributed by atoms with Crippen molar-refractivity contribution in [2.24, 2.45) is 0 Å². The maximum Gasteiger partial charge on any atom is 0.319 e. The van der Waals surface area contributed by atoms with E-state index in [0.29, 0.717) is 11.4 Å². The zero-order valence-corrected chi connectivity index (χ0v) is 18.2. The van der Waals surface area contributed by atoms with Gasteiger partial charge in [-0.3, -0.25) is 4.79 Å². The summed E-state index contributed by atoms with van der Waals surface area (Å²) >= 11 is 0. The Morgan fingerprint density at radius 3 is 2.53 bits per heavy atom. The molecule has 8 heteroatoms. The van der Waals surface area contributed by atoms with E-state index in [-0.39, 0.29) is 25.0 Å². The van der Waals surface area contributed by atoms with Gasteiger partial charge in [-0.1, -0.05) is 54.6 Å². The molecule has 4 N–H and O–H groups in total. The van der Waals surface area contributed by atoms with Gasteiger partial charge in [-0.25, -0.2) is 4.79 Å². The van der Waals surface area contributed by atoms with Crippen LogP contribution >= 0.6 is 0 Å². The van der Waals surface area contributed by atoms with Crippen LogP contribution in [-0.4, -0.2) is 49.0 Å². The molecule has 0 saturated heterocycles. The molecule has 0 bridgehead atoms. The number of para-hydroxylation sites is 2. The number of urea groups is 1. The Morgan fingerprint density at radius 1 is 1.09 bits per heavy atom. The predicted molar refractivity (Wildman–Crippen MR) is 121 cm³/mol. The maximum atomic E-state index is 12.4. The van der Waals surface area contributed by atoms with Gasteiger partial charge in [0.25, 0.3) is 0 Å². The fourth-order valence-corrected chi connectivity index (χ4v) is 3.50. The molecule has 32 heavy (non-hydrogen) atoms. The number of hydrogen-bond acceptors (Lipinski definition) is 5. The van der Waals surface area contributed by atoms with Crippen LogP contribution in [-0.2, 0) is 9.53 Å². The number of rotatable bonds is 8. The van der Waals surface area contributed by atoms with Gasteiger partial charge >= 0.3 is 6.03 Å². The van der Waals surface area contributed by atoms with Crippen LogP contribution in [0.25, 0.3) is 0 Å². The van der Waals surface area contributed by atoms with Crippen LogP contribution in [0.4, 0.5) is 10.5 Å². The second-order valence-electron chi connectivity index (χ2n) is 7.51. The minimum absolute atomic E-state index is 0.115. The summed E-state index contributed by atoms with van der Waals surface area (Å²) in [6.07, 6.45) is 2.42. The monoisotopic (exact) mass is 439 g/mol. The summed E-state index contributed by atoms with van der Waals surface area (Å²) in [7, 11) is 1.52. The number of aliphatic hydroxyl groups is 1. The van der Waals surface area contributed by atoms with Crippen molar-refractivity contribution in [1.29, 1.82) is 0 Å². The molecule has 1 aliphatic rings. The molecule has 1 aliphatic heterocycles. The summed E-state index contributed by atoms with van der Waals surface area (Å²) in [6, 6.07) is 15.6. The van der Waals surface area contributed by atoms with Crippen LogP contribution < -0.4 is 20.7 Å². The maximum absolute atomic E-state index is 12.4. The van der Waals surface area contributed by atoms with Crippen molar-refractivity contribution in [3.05, 3.63) is 72.3 Å². The van der Waals surface area contributed by atoms with E-state index in [9.17, 15) is 14.7 Å². The molecule has 3 rings (SSSR count). The van der Waals surface area contributed by atoms with Crippen LogP contribution in [0.3, 0.4) is 0 Å². The van der Waals surface area contributed by atoms with Gasteiger partial charge in [0.2, 0.25) is 5.91 Å². The van der Waals surface area contributed by atoms with Crippen molar-refractivity contribution < 1.29 is 24.2 Å². The molecular weight excluding hydrogens is 410 g/mol. The van der Waals surface area contributed by atoms with Crippen LogP contribution in [0.5, 0.6) is 5.75 Å². The van der Waals surface area contributed by atoms with Crippen LogP contribution in [0, 0.1) is 0 Å². The fourth-order valence-electron chi connectivity index (χ4n) is 3.50. The fraction of sp³-hybridized carbons (Fsp3) is 0.333. The predicted octanol–water partition coefficient (Wildman–Crippen LogP) is 2.77. The highest BCUT2D eigenvalue weighted by Crippen LogP contribution is 2.23. The normalized spacial score (nSPS) is 20.8. The minimum Gasteiger partial charge on any atom is -0.495 e. The van der Waals surface area contributed by atoms with E-state index in [4.69, 9.17) is 9.47 Å². The highest BCUT2D eigenvalue weighted by Gasteiger charge is 2.29. The lowest BCUT2D eigenvalue weighted by Gasteiger charge is -2.32. The molecular formula is C24H29N3O5. The van der Waals surface area contributed by atoms with E-state index in [1.165, 1.54) is 7.11 Å². The molecule has 0 radical (unpaired) electrons. The number of aliphatic hydroxyl groups excluding tert-OH is 1. The zero-order valence-electron chi connectivity index (χ0n) is 18.2. The topological polar surface area (TPSA) is 109 Å². The second kappa shape index (κ2) is 11.3. The largest absolute Gasteiger partial charge is 0.495 e. The zero-order chi connectivity index (χ0) is 22.9. The van der Waals surface area contributed by atoms with Gasteiger partial charge in [-0.2, -0.15) is 0 Å². The van der Waals surface area contributed by atoms with Crippen molar-refractivity contribution in [3.8, 4) is 5.75 Å². The Labute approximate surface area is 187 Å². The lowest BCUT2D eigenvalue weighted by atomic mass is 10.0. The SMILES string of the molecule is COc1ccccc1NC(=O)N[C@H]1C=C[C@H](CC(=O)N[C@@H](C)c2ccccc2)O[C@@H]1CO. The third-order valence-corrected chi connectivity index (χ3v) is 5.18. The summed E-state index contributed by atoms with van der Waals surface area (Å²) < 4.78 is 11.1. The Hall–Kier alpha value is -3.36. The molecule has 0 aromatic heterocycles. The Kier molecular flexibility index (Phi) is 8.24. The number of methoxy groups -OCH3 is 1. The Morgan fingerprint density at radius 2 is 1.81 bits per heavy atom. The first-order valence-electron chi connectivity index (χ1n) is 10.5. The number of amides is 3. The van der Waals surface area contributed by atoms with Crippen molar-refractivity contribution in [3.63, 3.8) is 0 Å². The van der Waals surface area contributed by atoms with Gasteiger partial charge in [-0.15, -0.1) is 0 Å². The highest BCUT2D eigenvalue weighted by atomic mass is 16.5. The number of benzene rings is 2. The van der Waals surface area contributed by atoms with Crippen molar-refractivity contribution in [2.75, 3.05) is 19.0 Å². The van der Waals surface area contributed by atoms with E-state index in [0.717, 1.165) is 5.56 Å². The third-order valence-electron chi connectivity index (χ3n) is 5.18. The first-order valence-corrected chi connectivity index (χ1v) is 10.5. The number of carbonyl (C=O) groups is 2. The molecule has 3 amide bonds. The Balaban J connectivity index is 1.53. The average Bonchev–Trinajstić information content (AvgIpc) is 2.80. The molecule has 0 unspecified atom stereocenters. The molecule has 0 spiro atoms. The molecule has 0 saturated carbocycles. The number of anilines is 1. The summed E-state index contributed by atoms with van der Waals surface area (Å²) in [5, 5.41) is 18.2. The molecule has 2 aromatic carbocycles. The van der Waals surface area contributed by atoms with Crippen molar-refractivity contribution in [2.45, 2.75) is 37.6 Å². The van der Waals surface area contributed by atoms with Crippen LogP contribution in [0.1, 0.15) is 24.9 Å². The van der Waals surface area contributed by atoms with Crippen molar-refractivity contribution >= 4 is 17.6 Å². The second-order valence-corrected chi connectivity index (χ2v) is 7.51. The summed E-state index contributed by atoms with van der Waals surface area (Å²) in [5.41, 5.74) is 1.54. The smallest absolute Gasteiger partial charge is 0.319 e. The summed E-state index contributed by atoms with van der Waals surface area (Å²) in [5.74, 6) is 0.376. The van der Waals surface area contributed by atoms with Crippen LogP contribution in [0.2, 0.25) is 0 Å². The summed E-state index contributed by atoms with van der Waals surface area (Å²) in [4.78, 5) is 24.8. The van der Waals surface area contributed by atoms with Gasteiger partial charge in [0.05, 0.1) is 44.0 Å². The molecule has 0 aliphatic carbocycles. The number of carbonyl (C=O) groups excluding carboxylic acids is 2. The average molecular weight is 440 g/mol. The third kappa shape index (κ3) is 6.32. The standard InChI is InChI=1S/C24H29N3O5/c1-16(17-8-4-3-5-9-17)25-23(29)14-18-12-13-20(22(15-28)32-18)27-24(30)26-19-10-6-7-11-21(19)31-2/h3-13,16,18,20,22,28H,14-15H2,1-2H3,(H,25,29)(H2,26,27,30)/t16-,18+,20-,22+/m0/s1. The van der Waals surface area contributed by atoms with Gasteiger partial charge in [-0.05, 0) is 24.6 Å². The molecule has 170 valence electrons. The number of hydrogen-bond donors (Lipinski definition) is 4. The minimum atomic E-state index is -0.673. The van der Waals surface area contributed by atoms with Crippen LogP contribution in [0.15, 0.2) is 66.7 Å². The summed E-state index contributed by atoms with van der Waals surface area (Å²) in [6.45, 7) is 1.62. The Bertz CT molecular complexity index is 934. The molecule has 0 fully saturated rings. The van der Waals surface area contributed by atoms with Crippen molar-refractivity contribution in [1.82, 2.24) is 10.6 Å². The van der Waals surface area contributed by atoms with Gasteiger partial charge in [0, 0.05) is 0 Å².